The molecule has 1 aromatic heterocycles. The quantitative estimate of drug-likeness (QED) is 0.864. The van der Waals surface area contributed by atoms with Crippen molar-refractivity contribution in [3.05, 3.63) is 53.9 Å². The summed E-state index contributed by atoms with van der Waals surface area (Å²) < 4.78 is 1.90. The van der Waals surface area contributed by atoms with Gasteiger partial charge in [0, 0.05) is 19.3 Å². The maximum atomic E-state index is 12.1. The van der Waals surface area contributed by atoms with Gasteiger partial charge in [-0.2, -0.15) is 0 Å². The van der Waals surface area contributed by atoms with Crippen LogP contribution in [-0.2, 0) is 13.1 Å². The molecule has 1 amide bonds. The molecule has 0 saturated heterocycles. The molecule has 0 aliphatic heterocycles. The lowest BCUT2D eigenvalue weighted by molar-refractivity contribution is 0.0941. The number of nitrogens with one attached hydrogen (secondary N) is 1. The van der Waals surface area contributed by atoms with Gasteiger partial charge in [-0.05, 0) is 18.1 Å². The first kappa shape index (κ1) is 13.2. The molecule has 2 rings (SSSR count). The van der Waals surface area contributed by atoms with Gasteiger partial charge in [-0.25, -0.2) is 0 Å². The molecule has 100 valence electrons. The van der Waals surface area contributed by atoms with Crippen LogP contribution in [-0.4, -0.2) is 10.5 Å². The third-order valence-electron chi connectivity index (χ3n) is 2.91. The van der Waals surface area contributed by atoms with E-state index in [9.17, 15) is 4.79 Å². The van der Waals surface area contributed by atoms with Crippen molar-refractivity contribution < 1.29 is 4.79 Å². The number of nitrogen functional groups attached to an aromatic ring is 1. The summed E-state index contributed by atoms with van der Waals surface area (Å²) in [5.41, 5.74) is 8.08. The minimum Gasteiger partial charge on any atom is -0.397 e. The second kappa shape index (κ2) is 6.09. The van der Waals surface area contributed by atoms with E-state index in [1.165, 1.54) is 0 Å². The summed E-state index contributed by atoms with van der Waals surface area (Å²) in [5, 5.41) is 2.91. The molecule has 1 heterocycles. The number of anilines is 1. The standard InChI is InChI=1S/C15H19N3O/c1-2-8-18-11-13(16)9-14(18)15(19)17-10-12-6-4-3-5-7-12/h3-7,9,11H,2,8,10,16H2,1H3,(H,17,19). The average Bonchev–Trinajstić information content (AvgIpc) is 2.79. The van der Waals surface area contributed by atoms with Gasteiger partial charge in [0.15, 0.2) is 0 Å². The van der Waals surface area contributed by atoms with E-state index >= 15 is 0 Å². The van der Waals surface area contributed by atoms with Crippen molar-refractivity contribution in [1.82, 2.24) is 9.88 Å². The van der Waals surface area contributed by atoms with Crippen LogP contribution in [0.1, 0.15) is 29.4 Å². The zero-order valence-corrected chi connectivity index (χ0v) is 11.1. The molecule has 4 heteroatoms. The molecule has 0 bridgehead atoms. The Balaban J connectivity index is 2.03. The first-order chi connectivity index (χ1) is 9.20. The molecule has 0 aliphatic carbocycles. The minimum atomic E-state index is -0.0889. The first-order valence-electron chi connectivity index (χ1n) is 6.48. The van der Waals surface area contributed by atoms with Gasteiger partial charge < -0.3 is 15.6 Å². The smallest absolute Gasteiger partial charge is 0.268 e. The van der Waals surface area contributed by atoms with Gasteiger partial charge in [0.05, 0.1) is 5.69 Å². The normalized spacial score (nSPS) is 10.4. The fraction of sp³-hybridized carbons (Fsp3) is 0.267. The molecule has 0 spiro atoms. The van der Waals surface area contributed by atoms with Crippen molar-refractivity contribution in [2.45, 2.75) is 26.4 Å². The summed E-state index contributed by atoms with van der Waals surface area (Å²) in [5.74, 6) is -0.0889. The second-order valence-electron chi connectivity index (χ2n) is 4.52. The van der Waals surface area contributed by atoms with Crippen molar-refractivity contribution in [3.63, 3.8) is 0 Å². The summed E-state index contributed by atoms with van der Waals surface area (Å²) in [6, 6.07) is 11.6. The molecule has 0 radical (unpaired) electrons. The zero-order valence-electron chi connectivity index (χ0n) is 11.1. The Morgan fingerprint density at radius 3 is 2.74 bits per heavy atom. The number of hydrogen-bond acceptors (Lipinski definition) is 2. The lowest BCUT2D eigenvalue weighted by Crippen LogP contribution is -2.25. The number of aryl methyl sites for hydroxylation is 1. The van der Waals surface area contributed by atoms with Crippen molar-refractivity contribution in [3.8, 4) is 0 Å². The predicted octanol–water partition coefficient (Wildman–Crippen LogP) is 2.41. The van der Waals surface area contributed by atoms with Crippen molar-refractivity contribution in [2.24, 2.45) is 0 Å². The van der Waals surface area contributed by atoms with Crippen LogP contribution in [0.15, 0.2) is 42.6 Å². The summed E-state index contributed by atoms with van der Waals surface area (Å²) in [6.07, 6.45) is 2.77. The largest absolute Gasteiger partial charge is 0.397 e. The number of carbonyl (C=O) groups excluding carboxylic acids is 1. The van der Waals surface area contributed by atoms with E-state index in [2.05, 4.69) is 12.2 Å². The maximum Gasteiger partial charge on any atom is 0.268 e. The van der Waals surface area contributed by atoms with Gasteiger partial charge in [-0.1, -0.05) is 37.3 Å². The van der Waals surface area contributed by atoms with Crippen LogP contribution in [0.2, 0.25) is 0 Å². The molecule has 4 nitrogen and oxygen atoms in total. The molecule has 0 atom stereocenters. The Morgan fingerprint density at radius 1 is 1.32 bits per heavy atom. The van der Waals surface area contributed by atoms with E-state index in [0.717, 1.165) is 18.5 Å². The number of aromatic nitrogens is 1. The van der Waals surface area contributed by atoms with E-state index < -0.39 is 0 Å². The highest BCUT2D eigenvalue weighted by Gasteiger charge is 2.11. The maximum absolute atomic E-state index is 12.1. The topological polar surface area (TPSA) is 60.0 Å². The predicted molar refractivity (Wildman–Crippen MR) is 76.7 cm³/mol. The van der Waals surface area contributed by atoms with Crippen LogP contribution in [0.5, 0.6) is 0 Å². The number of nitrogens with zero attached hydrogens (tertiary/aromatic N) is 1. The third kappa shape index (κ3) is 3.37. The van der Waals surface area contributed by atoms with Gasteiger partial charge >= 0.3 is 0 Å². The number of benzene rings is 1. The highest BCUT2D eigenvalue weighted by Crippen LogP contribution is 2.11. The lowest BCUT2D eigenvalue weighted by Gasteiger charge is -2.08. The molecule has 0 aliphatic rings. The molecule has 2 aromatic rings. The number of nitrogens with two attached hydrogens (primary N) is 1. The van der Waals surface area contributed by atoms with E-state index in [1.807, 2.05) is 34.9 Å². The lowest BCUT2D eigenvalue weighted by atomic mass is 10.2. The summed E-state index contributed by atoms with van der Waals surface area (Å²) in [7, 11) is 0. The Hall–Kier alpha value is -2.23. The van der Waals surface area contributed by atoms with Crippen molar-refractivity contribution >= 4 is 11.6 Å². The summed E-state index contributed by atoms with van der Waals surface area (Å²) in [6.45, 7) is 3.39. The average molecular weight is 257 g/mol. The van der Waals surface area contributed by atoms with Crippen LogP contribution >= 0.6 is 0 Å². The summed E-state index contributed by atoms with van der Waals surface area (Å²) >= 11 is 0. The minimum absolute atomic E-state index is 0.0889. The Kier molecular flexibility index (Phi) is 4.23. The zero-order chi connectivity index (χ0) is 13.7. The first-order valence-corrected chi connectivity index (χ1v) is 6.48. The van der Waals surface area contributed by atoms with E-state index in [1.54, 1.807) is 12.3 Å². The summed E-state index contributed by atoms with van der Waals surface area (Å²) in [4.78, 5) is 12.1. The number of rotatable bonds is 5. The van der Waals surface area contributed by atoms with Gasteiger partial charge in [0.2, 0.25) is 0 Å². The fourth-order valence-electron chi connectivity index (χ4n) is 2.02. The third-order valence-corrected chi connectivity index (χ3v) is 2.91. The molecule has 1 aromatic carbocycles. The van der Waals surface area contributed by atoms with E-state index in [-0.39, 0.29) is 5.91 Å². The SMILES string of the molecule is CCCn1cc(N)cc1C(=O)NCc1ccccc1. The Bertz CT molecular complexity index is 546. The monoisotopic (exact) mass is 257 g/mol. The molecule has 0 unspecified atom stereocenters. The van der Waals surface area contributed by atoms with Gasteiger partial charge in [-0.3, -0.25) is 4.79 Å². The van der Waals surface area contributed by atoms with Crippen LogP contribution < -0.4 is 11.1 Å². The van der Waals surface area contributed by atoms with Crippen molar-refractivity contribution in [2.75, 3.05) is 5.73 Å². The molecule has 0 fully saturated rings. The highest BCUT2D eigenvalue weighted by molar-refractivity contribution is 5.93. The molecule has 0 saturated carbocycles. The van der Waals surface area contributed by atoms with Gasteiger partial charge in [0.25, 0.3) is 5.91 Å². The highest BCUT2D eigenvalue weighted by atomic mass is 16.1. The molecule has 19 heavy (non-hydrogen) atoms. The van der Waals surface area contributed by atoms with Crippen LogP contribution in [0, 0.1) is 0 Å². The second-order valence-corrected chi connectivity index (χ2v) is 4.52. The van der Waals surface area contributed by atoms with E-state index in [4.69, 9.17) is 5.73 Å². The van der Waals surface area contributed by atoms with Crippen LogP contribution in [0.3, 0.4) is 0 Å². The van der Waals surface area contributed by atoms with E-state index in [0.29, 0.717) is 17.9 Å². The Morgan fingerprint density at radius 2 is 2.05 bits per heavy atom. The van der Waals surface area contributed by atoms with Crippen molar-refractivity contribution in [1.29, 1.82) is 0 Å². The molecular weight excluding hydrogens is 238 g/mol. The number of hydrogen-bond donors (Lipinski definition) is 2. The molecule has 3 N–H and O–H groups in total. The van der Waals surface area contributed by atoms with Gasteiger partial charge in [-0.15, -0.1) is 0 Å². The van der Waals surface area contributed by atoms with Crippen LogP contribution in [0.4, 0.5) is 5.69 Å². The van der Waals surface area contributed by atoms with Crippen LogP contribution in [0.25, 0.3) is 0 Å². The molecular formula is C15H19N3O. The fourth-order valence-corrected chi connectivity index (χ4v) is 2.02. The van der Waals surface area contributed by atoms with Gasteiger partial charge in [0.1, 0.15) is 5.69 Å². The number of carbonyl (C=O) groups is 1. The number of amides is 1. The Labute approximate surface area is 113 Å².